The van der Waals surface area contributed by atoms with Crippen LogP contribution in [0.15, 0.2) is 18.3 Å². The fraction of sp³-hybridized carbons (Fsp3) is 0.545. The minimum atomic E-state index is -4.67. The molecule has 1 heterocycles. The molecule has 1 aromatic rings. The van der Waals surface area contributed by atoms with Gasteiger partial charge < -0.3 is 0 Å². The molecule has 1 aromatic heterocycles. The van der Waals surface area contributed by atoms with Gasteiger partial charge in [-0.3, -0.25) is 4.98 Å². The van der Waals surface area contributed by atoms with Gasteiger partial charge in [-0.1, -0.05) is 6.07 Å². The summed E-state index contributed by atoms with van der Waals surface area (Å²) in [5.41, 5.74) is -1.30. The predicted octanol–water partition coefficient (Wildman–Crippen LogP) is 3.53. The van der Waals surface area contributed by atoms with Crippen LogP contribution in [0.5, 0.6) is 0 Å². The quantitative estimate of drug-likeness (QED) is 0.791. The van der Waals surface area contributed by atoms with Crippen molar-refractivity contribution in [2.24, 2.45) is 0 Å². The van der Waals surface area contributed by atoms with Crippen LogP contribution in [0.2, 0.25) is 0 Å². The first kappa shape index (κ1) is 17.7. The molecule has 1 unspecified atom stereocenters. The van der Waals surface area contributed by atoms with Crippen molar-refractivity contribution < 1.29 is 34.8 Å². The maximum Gasteiger partial charge on any atom is 0.433 e. The molecule has 0 fully saturated rings. The van der Waals surface area contributed by atoms with Crippen molar-refractivity contribution >= 4 is 9.84 Å². The van der Waals surface area contributed by atoms with Crippen LogP contribution in [0, 0.1) is 0 Å². The van der Waals surface area contributed by atoms with Gasteiger partial charge in [-0.25, -0.2) is 8.42 Å². The Kier molecular flexibility index (Phi) is 4.91. The Morgan fingerprint density at radius 1 is 1.14 bits per heavy atom. The molecule has 0 N–H and O–H groups in total. The van der Waals surface area contributed by atoms with E-state index in [2.05, 4.69) is 4.98 Å². The summed E-state index contributed by atoms with van der Waals surface area (Å²) in [6, 6.07) is 1.48. The lowest BCUT2D eigenvalue weighted by atomic mass is 10.2. The van der Waals surface area contributed by atoms with Crippen molar-refractivity contribution in [1.82, 2.24) is 4.98 Å². The van der Waals surface area contributed by atoms with Gasteiger partial charge in [-0.05, 0) is 18.6 Å². The number of rotatable bonds is 4. The molecule has 0 aromatic carbocycles. The molecule has 0 saturated heterocycles. The van der Waals surface area contributed by atoms with Crippen LogP contribution in [0.3, 0.4) is 0 Å². The Morgan fingerprint density at radius 3 is 2.10 bits per heavy atom. The van der Waals surface area contributed by atoms with Crippen LogP contribution in [-0.4, -0.2) is 25.3 Å². The molecule has 120 valence electrons. The first-order valence-corrected chi connectivity index (χ1v) is 7.36. The number of aromatic nitrogens is 1. The highest BCUT2D eigenvalue weighted by Gasteiger charge is 2.34. The first-order valence-electron chi connectivity index (χ1n) is 5.64. The molecule has 21 heavy (non-hydrogen) atoms. The van der Waals surface area contributed by atoms with E-state index in [1.807, 2.05) is 0 Å². The minimum absolute atomic E-state index is 0.0924. The van der Waals surface area contributed by atoms with Crippen LogP contribution < -0.4 is 0 Å². The van der Waals surface area contributed by atoms with Crippen molar-refractivity contribution in [3.05, 3.63) is 29.6 Å². The average Bonchev–Trinajstić information content (AvgIpc) is 2.34. The van der Waals surface area contributed by atoms with Gasteiger partial charge in [0.05, 0.1) is 17.4 Å². The summed E-state index contributed by atoms with van der Waals surface area (Å²) in [5.74, 6) is -1.13. The monoisotopic (exact) mass is 335 g/mol. The number of nitrogens with zero attached hydrogens (tertiary/aromatic N) is 1. The third-order valence-corrected chi connectivity index (χ3v) is 4.88. The summed E-state index contributed by atoms with van der Waals surface area (Å²) in [5, 5.41) is -1.37. The van der Waals surface area contributed by atoms with Crippen LogP contribution >= 0.6 is 0 Å². The fourth-order valence-electron chi connectivity index (χ4n) is 1.46. The van der Waals surface area contributed by atoms with Gasteiger partial charge in [0.2, 0.25) is 0 Å². The third-order valence-electron chi connectivity index (χ3n) is 2.75. The molecule has 10 heteroatoms. The van der Waals surface area contributed by atoms with E-state index in [-0.39, 0.29) is 5.56 Å². The minimum Gasteiger partial charge on any atom is -0.251 e. The maximum absolute atomic E-state index is 12.3. The lowest BCUT2D eigenvalue weighted by Crippen LogP contribution is -2.20. The predicted molar refractivity (Wildman–Crippen MR) is 62.1 cm³/mol. The smallest absolute Gasteiger partial charge is 0.251 e. The molecule has 0 aliphatic carbocycles. The normalized spacial score (nSPS) is 15.0. The van der Waals surface area contributed by atoms with Gasteiger partial charge in [0.15, 0.2) is 9.84 Å². The standard InChI is InChI=1S/C11H11F6NO2S/c1-7(21(19,20)5-4-10(12,13)14)8-2-3-9(18-6-8)11(15,16)17/h2-3,6-7H,4-5H2,1H3. The molecule has 0 aliphatic heterocycles. The van der Waals surface area contributed by atoms with Crippen molar-refractivity contribution in [3.63, 3.8) is 0 Å². The molecular formula is C11H11F6NO2S. The number of halogens is 6. The summed E-state index contributed by atoms with van der Waals surface area (Å²) in [6.07, 6.45) is -10.1. The molecular weight excluding hydrogens is 324 g/mol. The van der Waals surface area contributed by atoms with Gasteiger partial charge in [-0.15, -0.1) is 0 Å². The highest BCUT2D eigenvalue weighted by atomic mass is 32.2. The van der Waals surface area contributed by atoms with E-state index < -0.39 is 45.3 Å². The largest absolute Gasteiger partial charge is 0.433 e. The topological polar surface area (TPSA) is 47.0 Å². The highest BCUT2D eigenvalue weighted by Crippen LogP contribution is 2.30. The van der Waals surface area contributed by atoms with Crippen LogP contribution in [0.25, 0.3) is 0 Å². The van der Waals surface area contributed by atoms with Crippen LogP contribution in [0.1, 0.15) is 29.9 Å². The Balaban J connectivity index is 2.90. The summed E-state index contributed by atoms with van der Waals surface area (Å²) in [7, 11) is -4.14. The van der Waals surface area contributed by atoms with Crippen molar-refractivity contribution in [2.45, 2.75) is 30.9 Å². The molecule has 0 spiro atoms. The third kappa shape index (κ3) is 5.18. The van der Waals surface area contributed by atoms with E-state index in [0.717, 1.165) is 13.0 Å². The van der Waals surface area contributed by atoms with Crippen molar-refractivity contribution in [2.75, 3.05) is 5.75 Å². The van der Waals surface area contributed by atoms with E-state index >= 15 is 0 Å². The zero-order valence-electron chi connectivity index (χ0n) is 10.7. The average molecular weight is 335 g/mol. The van der Waals surface area contributed by atoms with Gasteiger partial charge in [-0.2, -0.15) is 26.3 Å². The fourth-order valence-corrected chi connectivity index (χ4v) is 2.88. The maximum atomic E-state index is 12.3. The van der Waals surface area contributed by atoms with Crippen LogP contribution in [0.4, 0.5) is 26.3 Å². The van der Waals surface area contributed by atoms with Crippen LogP contribution in [-0.2, 0) is 16.0 Å². The van der Waals surface area contributed by atoms with Gasteiger partial charge in [0.1, 0.15) is 5.69 Å². The second kappa shape index (κ2) is 5.82. The number of sulfone groups is 1. The van der Waals surface area contributed by atoms with E-state index in [4.69, 9.17) is 0 Å². The Morgan fingerprint density at radius 2 is 1.71 bits per heavy atom. The molecule has 1 rings (SSSR count). The van der Waals surface area contributed by atoms with E-state index in [1.54, 1.807) is 0 Å². The Labute approximate surface area is 116 Å². The second-order valence-corrected chi connectivity index (χ2v) is 6.79. The summed E-state index contributed by atoms with van der Waals surface area (Å²) < 4.78 is 96.4. The molecule has 3 nitrogen and oxygen atoms in total. The molecule has 1 atom stereocenters. The molecule has 0 aliphatic rings. The number of alkyl halides is 6. The van der Waals surface area contributed by atoms with Crippen molar-refractivity contribution in [3.8, 4) is 0 Å². The van der Waals surface area contributed by atoms with Gasteiger partial charge in [0.25, 0.3) is 0 Å². The zero-order chi connectivity index (χ0) is 16.5. The first-order chi connectivity index (χ1) is 9.33. The molecule has 0 bridgehead atoms. The second-order valence-electron chi connectivity index (χ2n) is 4.35. The lowest BCUT2D eigenvalue weighted by molar-refractivity contribution is -0.141. The zero-order valence-corrected chi connectivity index (χ0v) is 11.5. The molecule has 0 amide bonds. The summed E-state index contributed by atoms with van der Waals surface area (Å²) in [6.45, 7) is 1.11. The number of hydrogen-bond donors (Lipinski definition) is 0. The van der Waals surface area contributed by atoms with E-state index in [0.29, 0.717) is 12.3 Å². The SMILES string of the molecule is CC(c1ccc(C(F)(F)F)nc1)S(=O)(=O)CCC(F)(F)F. The lowest BCUT2D eigenvalue weighted by Gasteiger charge is -2.14. The van der Waals surface area contributed by atoms with E-state index in [1.165, 1.54) is 0 Å². The number of hydrogen-bond acceptors (Lipinski definition) is 3. The summed E-state index contributed by atoms with van der Waals surface area (Å²) in [4.78, 5) is 3.08. The number of pyridine rings is 1. The van der Waals surface area contributed by atoms with Gasteiger partial charge >= 0.3 is 12.4 Å². The molecule has 0 radical (unpaired) electrons. The Hall–Kier alpha value is -1.32. The highest BCUT2D eigenvalue weighted by molar-refractivity contribution is 7.91. The van der Waals surface area contributed by atoms with Gasteiger partial charge in [0, 0.05) is 6.20 Å². The Bertz CT molecular complexity index is 576. The molecule has 0 saturated carbocycles. The van der Waals surface area contributed by atoms with E-state index in [9.17, 15) is 34.8 Å². The van der Waals surface area contributed by atoms with Crippen molar-refractivity contribution in [1.29, 1.82) is 0 Å². The summed E-state index contributed by atoms with van der Waals surface area (Å²) >= 11 is 0.